The van der Waals surface area contributed by atoms with Crippen LogP contribution in [-0.4, -0.2) is 38.0 Å². The number of hydrogen-bond donors (Lipinski definition) is 1. The van der Waals surface area contributed by atoms with E-state index in [1.54, 1.807) is 0 Å². The van der Waals surface area contributed by atoms with Gasteiger partial charge in [-0.15, -0.1) is 0 Å². The van der Waals surface area contributed by atoms with Gasteiger partial charge in [-0.1, -0.05) is 19.3 Å². The molecule has 2 atom stereocenters. The highest BCUT2D eigenvalue weighted by Gasteiger charge is 2.56. The molecule has 3 heteroatoms. The third kappa shape index (κ3) is 2.45. The molecule has 3 aliphatic rings. The van der Waals surface area contributed by atoms with Crippen LogP contribution in [0.1, 0.15) is 58.3 Å². The van der Waals surface area contributed by atoms with Gasteiger partial charge in [0.2, 0.25) is 0 Å². The van der Waals surface area contributed by atoms with Gasteiger partial charge in [-0.05, 0) is 39.0 Å². The van der Waals surface area contributed by atoms with Crippen molar-refractivity contribution < 1.29 is 9.47 Å². The molecule has 1 spiro atoms. The largest absolute Gasteiger partial charge is 0.381 e. The van der Waals surface area contributed by atoms with Gasteiger partial charge in [-0.2, -0.15) is 0 Å². The average molecular weight is 267 g/mol. The summed E-state index contributed by atoms with van der Waals surface area (Å²) >= 11 is 0. The SMILES string of the molecule is CCOC1CC(NC2CC(OC)C2)C12CCCCC2. The Morgan fingerprint density at radius 3 is 2.47 bits per heavy atom. The van der Waals surface area contributed by atoms with Crippen LogP contribution in [0.3, 0.4) is 0 Å². The predicted octanol–water partition coefficient (Wildman–Crippen LogP) is 2.88. The zero-order valence-corrected chi connectivity index (χ0v) is 12.5. The predicted molar refractivity (Wildman–Crippen MR) is 76.3 cm³/mol. The van der Waals surface area contributed by atoms with Crippen LogP contribution in [-0.2, 0) is 9.47 Å². The van der Waals surface area contributed by atoms with Gasteiger partial charge < -0.3 is 14.8 Å². The summed E-state index contributed by atoms with van der Waals surface area (Å²) in [6.07, 6.45) is 11.6. The second-order valence-electron chi connectivity index (χ2n) is 6.72. The Morgan fingerprint density at radius 2 is 1.84 bits per heavy atom. The zero-order valence-electron chi connectivity index (χ0n) is 12.5. The molecular weight excluding hydrogens is 238 g/mol. The summed E-state index contributed by atoms with van der Waals surface area (Å²) in [5.74, 6) is 0. The van der Waals surface area contributed by atoms with Crippen LogP contribution < -0.4 is 5.32 Å². The lowest BCUT2D eigenvalue weighted by Gasteiger charge is -2.59. The first-order valence-corrected chi connectivity index (χ1v) is 8.19. The van der Waals surface area contributed by atoms with E-state index >= 15 is 0 Å². The molecule has 3 aliphatic carbocycles. The van der Waals surface area contributed by atoms with E-state index in [0.29, 0.717) is 29.7 Å². The van der Waals surface area contributed by atoms with Crippen LogP contribution in [0.15, 0.2) is 0 Å². The van der Waals surface area contributed by atoms with E-state index in [9.17, 15) is 0 Å². The molecule has 19 heavy (non-hydrogen) atoms. The number of hydrogen-bond acceptors (Lipinski definition) is 3. The van der Waals surface area contributed by atoms with Crippen molar-refractivity contribution >= 4 is 0 Å². The van der Waals surface area contributed by atoms with E-state index in [1.807, 2.05) is 7.11 Å². The fourth-order valence-electron chi connectivity index (χ4n) is 4.48. The normalized spacial score (nSPS) is 40.7. The molecule has 3 saturated carbocycles. The number of methoxy groups -OCH3 is 1. The molecule has 0 aromatic rings. The maximum absolute atomic E-state index is 6.01. The molecule has 3 rings (SSSR count). The van der Waals surface area contributed by atoms with Gasteiger partial charge in [0.15, 0.2) is 0 Å². The molecule has 2 unspecified atom stereocenters. The quantitative estimate of drug-likeness (QED) is 0.831. The topological polar surface area (TPSA) is 30.5 Å². The molecule has 0 bridgehead atoms. The van der Waals surface area contributed by atoms with Gasteiger partial charge in [0.25, 0.3) is 0 Å². The van der Waals surface area contributed by atoms with Crippen LogP contribution in [0.5, 0.6) is 0 Å². The number of rotatable bonds is 5. The highest BCUT2D eigenvalue weighted by molar-refractivity contribution is 5.10. The van der Waals surface area contributed by atoms with Crippen LogP contribution in [0.25, 0.3) is 0 Å². The molecule has 3 nitrogen and oxygen atoms in total. The van der Waals surface area contributed by atoms with Crippen molar-refractivity contribution in [2.24, 2.45) is 5.41 Å². The minimum Gasteiger partial charge on any atom is -0.381 e. The number of ether oxygens (including phenoxy) is 2. The Hall–Kier alpha value is -0.120. The van der Waals surface area contributed by atoms with Crippen molar-refractivity contribution in [1.29, 1.82) is 0 Å². The molecule has 0 aromatic carbocycles. The van der Waals surface area contributed by atoms with E-state index in [-0.39, 0.29) is 0 Å². The summed E-state index contributed by atoms with van der Waals surface area (Å²) in [5.41, 5.74) is 0.465. The summed E-state index contributed by atoms with van der Waals surface area (Å²) in [6, 6.07) is 1.39. The van der Waals surface area contributed by atoms with Crippen LogP contribution >= 0.6 is 0 Å². The second kappa shape index (κ2) is 5.71. The van der Waals surface area contributed by atoms with Crippen molar-refractivity contribution in [3.8, 4) is 0 Å². The molecule has 0 heterocycles. The standard InChI is InChI=1S/C16H29NO2/c1-3-19-15-11-14(16(15)7-5-4-6-8-16)17-12-9-13(10-12)18-2/h12-15,17H,3-11H2,1-2H3. The van der Waals surface area contributed by atoms with E-state index in [1.165, 1.54) is 51.4 Å². The summed E-state index contributed by atoms with van der Waals surface area (Å²) in [6.45, 7) is 3.00. The first-order valence-electron chi connectivity index (χ1n) is 8.19. The van der Waals surface area contributed by atoms with E-state index < -0.39 is 0 Å². The van der Waals surface area contributed by atoms with Crippen LogP contribution in [0.2, 0.25) is 0 Å². The summed E-state index contributed by atoms with van der Waals surface area (Å²) < 4.78 is 11.4. The summed E-state index contributed by atoms with van der Waals surface area (Å²) in [7, 11) is 1.83. The Morgan fingerprint density at radius 1 is 1.11 bits per heavy atom. The maximum atomic E-state index is 6.01. The van der Waals surface area contributed by atoms with Gasteiger partial charge in [0.1, 0.15) is 0 Å². The molecule has 0 aromatic heterocycles. The fraction of sp³-hybridized carbons (Fsp3) is 1.00. The molecule has 0 aliphatic heterocycles. The Balaban J connectivity index is 1.56. The van der Waals surface area contributed by atoms with Crippen molar-refractivity contribution in [3.63, 3.8) is 0 Å². The fourth-order valence-corrected chi connectivity index (χ4v) is 4.48. The lowest BCUT2D eigenvalue weighted by Crippen LogP contribution is -2.67. The molecule has 3 fully saturated rings. The Bertz CT molecular complexity index is 295. The average Bonchev–Trinajstić information content (AvgIpc) is 2.40. The monoisotopic (exact) mass is 267 g/mol. The zero-order chi connectivity index (χ0) is 13.3. The van der Waals surface area contributed by atoms with Gasteiger partial charge in [0.05, 0.1) is 12.2 Å². The van der Waals surface area contributed by atoms with Crippen molar-refractivity contribution in [3.05, 3.63) is 0 Å². The Labute approximate surface area is 117 Å². The van der Waals surface area contributed by atoms with Gasteiger partial charge in [0, 0.05) is 31.2 Å². The lowest BCUT2D eigenvalue weighted by molar-refractivity contribution is -0.156. The first kappa shape index (κ1) is 13.8. The first-order chi connectivity index (χ1) is 9.28. The molecule has 0 radical (unpaired) electrons. The smallest absolute Gasteiger partial charge is 0.0661 e. The van der Waals surface area contributed by atoms with E-state index in [2.05, 4.69) is 12.2 Å². The second-order valence-corrected chi connectivity index (χ2v) is 6.72. The molecule has 1 N–H and O–H groups in total. The minimum atomic E-state index is 0.465. The summed E-state index contributed by atoms with van der Waals surface area (Å²) in [4.78, 5) is 0. The van der Waals surface area contributed by atoms with Crippen molar-refractivity contribution in [1.82, 2.24) is 5.32 Å². The highest BCUT2D eigenvalue weighted by atomic mass is 16.5. The summed E-state index contributed by atoms with van der Waals surface area (Å²) in [5, 5.41) is 3.91. The number of nitrogens with one attached hydrogen (secondary N) is 1. The molecule has 110 valence electrons. The molecule has 0 saturated heterocycles. The minimum absolute atomic E-state index is 0.465. The van der Waals surface area contributed by atoms with Crippen molar-refractivity contribution in [2.45, 2.75) is 82.6 Å². The van der Waals surface area contributed by atoms with E-state index in [0.717, 1.165) is 6.61 Å². The third-order valence-corrected chi connectivity index (χ3v) is 5.80. The Kier molecular flexibility index (Phi) is 4.16. The van der Waals surface area contributed by atoms with Crippen LogP contribution in [0, 0.1) is 5.41 Å². The van der Waals surface area contributed by atoms with E-state index in [4.69, 9.17) is 9.47 Å². The van der Waals surface area contributed by atoms with Gasteiger partial charge in [-0.25, -0.2) is 0 Å². The van der Waals surface area contributed by atoms with Crippen molar-refractivity contribution in [2.75, 3.05) is 13.7 Å². The van der Waals surface area contributed by atoms with Gasteiger partial charge in [-0.3, -0.25) is 0 Å². The molecular formula is C16H29NO2. The maximum Gasteiger partial charge on any atom is 0.0661 e. The highest BCUT2D eigenvalue weighted by Crippen LogP contribution is 2.53. The van der Waals surface area contributed by atoms with Gasteiger partial charge >= 0.3 is 0 Å². The van der Waals surface area contributed by atoms with Crippen LogP contribution in [0.4, 0.5) is 0 Å². The lowest BCUT2D eigenvalue weighted by atomic mass is 9.55. The molecule has 0 amide bonds. The third-order valence-electron chi connectivity index (χ3n) is 5.80.